The van der Waals surface area contributed by atoms with Crippen molar-refractivity contribution in [2.45, 2.75) is 38.3 Å². The second-order valence-electron chi connectivity index (χ2n) is 9.44. The molecule has 2 unspecified atom stereocenters. The van der Waals surface area contributed by atoms with E-state index in [-0.39, 0.29) is 17.9 Å². The smallest absolute Gasteiger partial charge is 0.410 e. The van der Waals surface area contributed by atoms with Gasteiger partial charge in [-0.2, -0.15) is 0 Å². The molecule has 0 N–H and O–H groups in total. The Kier molecular flexibility index (Phi) is 8.05. The number of likely N-dealkylation sites (N-methyl/N-ethyl adjacent to an activating group) is 1. The lowest BCUT2D eigenvalue weighted by molar-refractivity contribution is 0.0215. The standard InChI is InChI=1S/C26H33ClN2O6/c1-26(2,3)35-25(31)28(4)20-15-29(14-19(20)16-8-10-18(27)11-9-16)24(30)17-12-21(32-5)23(34-7)22(13-17)33-6/h8-13,19-20H,14-15H2,1-7H3. The van der Waals surface area contributed by atoms with E-state index in [1.807, 2.05) is 45.0 Å². The van der Waals surface area contributed by atoms with Crippen LogP contribution in [0.3, 0.4) is 0 Å². The first-order valence-electron chi connectivity index (χ1n) is 11.3. The van der Waals surface area contributed by atoms with Crippen LogP contribution in [0.2, 0.25) is 5.02 Å². The molecule has 2 aromatic rings. The maximum absolute atomic E-state index is 13.6. The molecule has 0 aromatic heterocycles. The number of methoxy groups -OCH3 is 3. The Morgan fingerprint density at radius 2 is 1.54 bits per heavy atom. The molecule has 35 heavy (non-hydrogen) atoms. The summed E-state index contributed by atoms with van der Waals surface area (Å²) >= 11 is 6.10. The Morgan fingerprint density at radius 3 is 2.03 bits per heavy atom. The van der Waals surface area contributed by atoms with E-state index >= 15 is 0 Å². The monoisotopic (exact) mass is 504 g/mol. The molecule has 9 heteroatoms. The maximum atomic E-state index is 13.6. The number of halogens is 1. The van der Waals surface area contributed by atoms with Gasteiger partial charge in [0, 0.05) is 36.6 Å². The fourth-order valence-corrected chi connectivity index (χ4v) is 4.36. The van der Waals surface area contributed by atoms with Gasteiger partial charge in [0.2, 0.25) is 5.75 Å². The summed E-state index contributed by atoms with van der Waals surface area (Å²) in [6.45, 7) is 6.21. The number of benzene rings is 2. The third-order valence-electron chi connectivity index (χ3n) is 5.96. The summed E-state index contributed by atoms with van der Waals surface area (Å²) in [5, 5.41) is 0.620. The molecule has 2 amide bonds. The van der Waals surface area contributed by atoms with Crippen molar-refractivity contribution in [2.75, 3.05) is 41.5 Å². The fourth-order valence-electron chi connectivity index (χ4n) is 4.24. The van der Waals surface area contributed by atoms with E-state index in [1.54, 1.807) is 29.0 Å². The minimum Gasteiger partial charge on any atom is -0.493 e. The predicted molar refractivity (Wildman–Crippen MR) is 134 cm³/mol. The first-order valence-corrected chi connectivity index (χ1v) is 11.7. The van der Waals surface area contributed by atoms with Gasteiger partial charge in [0.1, 0.15) is 5.60 Å². The Labute approximate surface area is 211 Å². The summed E-state index contributed by atoms with van der Waals surface area (Å²) < 4.78 is 21.8. The summed E-state index contributed by atoms with van der Waals surface area (Å²) in [5.74, 6) is 0.866. The second kappa shape index (κ2) is 10.6. The molecule has 0 saturated carbocycles. The van der Waals surface area contributed by atoms with Crippen molar-refractivity contribution < 1.29 is 28.5 Å². The van der Waals surface area contributed by atoms with Gasteiger partial charge < -0.3 is 28.7 Å². The van der Waals surface area contributed by atoms with Crippen LogP contribution in [0.15, 0.2) is 36.4 Å². The van der Waals surface area contributed by atoms with Gasteiger partial charge in [0.05, 0.1) is 27.4 Å². The zero-order chi connectivity index (χ0) is 25.9. The van der Waals surface area contributed by atoms with E-state index in [9.17, 15) is 9.59 Å². The number of carbonyl (C=O) groups excluding carboxylic acids is 2. The zero-order valence-corrected chi connectivity index (χ0v) is 22.0. The van der Waals surface area contributed by atoms with Gasteiger partial charge in [-0.3, -0.25) is 4.79 Å². The minimum atomic E-state index is -0.634. The van der Waals surface area contributed by atoms with Crippen LogP contribution in [0.4, 0.5) is 4.79 Å². The van der Waals surface area contributed by atoms with Crippen LogP contribution in [0, 0.1) is 0 Å². The van der Waals surface area contributed by atoms with E-state index in [2.05, 4.69) is 0 Å². The molecule has 3 rings (SSSR count). The van der Waals surface area contributed by atoms with Crippen LogP contribution in [-0.2, 0) is 4.74 Å². The molecule has 1 heterocycles. The zero-order valence-electron chi connectivity index (χ0n) is 21.3. The highest BCUT2D eigenvalue weighted by molar-refractivity contribution is 6.30. The molecule has 2 aromatic carbocycles. The van der Waals surface area contributed by atoms with Crippen LogP contribution < -0.4 is 14.2 Å². The van der Waals surface area contributed by atoms with Gasteiger partial charge in [-0.15, -0.1) is 0 Å². The minimum absolute atomic E-state index is 0.129. The number of rotatable bonds is 6. The Bertz CT molecular complexity index is 1040. The van der Waals surface area contributed by atoms with E-state index in [0.29, 0.717) is 40.9 Å². The van der Waals surface area contributed by atoms with E-state index in [1.165, 1.54) is 21.3 Å². The first-order chi connectivity index (χ1) is 16.5. The largest absolute Gasteiger partial charge is 0.493 e. The number of likely N-dealkylation sites (tertiary alicyclic amines) is 1. The van der Waals surface area contributed by atoms with E-state index in [0.717, 1.165) is 5.56 Å². The van der Waals surface area contributed by atoms with Crippen LogP contribution >= 0.6 is 11.6 Å². The van der Waals surface area contributed by atoms with Gasteiger partial charge in [0.15, 0.2) is 11.5 Å². The number of ether oxygens (including phenoxy) is 4. The Morgan fingerprint density at radius 1 is 0.971 bits per heavy atom. The second-order valence-corrected chi connectivity index (χ2v) is 9.88. The molecule has 1 aliphatic heterocycles. The lowest BCUT2D eigenvalue weighted by Crippen LogP contribution is -2.44. The highest BCUT2D eigenvalue weighted by atomic mass is 35.5. The maximum Gasteiger partial charge on any atom is 0.410 e. The molecule has 0 aliphatic carbocycles. The lowest BCUT2D eigenvalue weighted by atomic mass is 9.93. The number of nitrogens with zero attached hydrogens (tertiary/aromatic N) is 2. The number of hydrogen-bond acceptors (Lipinski definition) is 6. The number of hydrogen-bond donors (Lipinski definition) is 0. The molecular formula is C26H33ClN2O6. The molecule has 0 spiro atoms. The van der Waals surface area contributed by atoms with Gasteiger partial charge in [-0.1, -0.05) is 23.7 Å². The molecule has 2 atom stereocenters. The molecule has 1 fully saturated rings. The molecule has 8 nitrogen and oxygen atoms in total. The van der Waals surface area contributed by atoms with Gasteiger partial charge in [-0.25, -0.2) is 4.79 Å². The van der Waals surface area contributed by atoms with E-state index < -0.39 is 11.7 Å². The summed E-state index contributed by atoms with van der Waals surface area (Å²) in [6.07, 6.45) is -0.441. The number of amides is 2. The molecule has 1 saturated heterocycles. The molecule has 0 radical (unpaired) electrons. The third kappa shape index (κ3) is 5.93. The topological polar surface area (TPSA) is 77.5 Å². The number of carbonyl (C=O) groups is 2. The summed E-state index contributed by atoms with van der Waals surface area (Å²) in [6, 6.07) is 10.4. The average Bonchev–Trinajstić information content (AvgIpc) is 3.26. The molecule has 1 aliphatic rings. The van der Waals surface area contributed by atoms with Crippen molar-refractivity contribution >= 4 is 23.6 Å². The average molecular weight is 505 g/mol. The molecular weight excluding hydrogens is 472 g/mol. The first kappa shape index (κ1) is 26.5. The van der Waals surface area contributed by atoms with Gasteiger partial charge in [-0.05, 0) is 50.6 Å². The summed E-state index contributed by atoms with van der Waals surface area (Å²) in [7, 11) is 6.22. The van der Waals surface area contributed by atoms with E-state index in [4.69, 9.17) is 30.5 Å². The quantitative estimate of drug-likeness (QED) is 0.560. The Hall–Kier alpha value is -3.13. The molecule has 190 valence electrons. The van der Waals surface area contributed by atoms with Crippen molar-refractivity contribution in [1.29, 1.82) is 0 Å². The summed E-state index contributed by atoms with van der Waals surface area (Å²) in [4.78, 5) is 29.8. The fraction of sp³-hybridized carbons (Fsp3) is 0.462. The van der Waals surface area contributed by atoms with Gasteiger partial charge in [0.25, 0.3) is 5.91 Å². The predicted octanol–water partition coefficient (Wildman–Crippen LogP) is 4.84. The van der Waals surface area contributed by atoms with Crippen LogP contribution in [0.25, 0.3) is 0 Å². The van der Waals surface area contributed by atoms with Gasteiger partial charge >= 0.3 is 6.09 Å². The van der Waals surface area contributed by atoms with Crippen molar-refractivity contribution in [2.24, 2.45) is 0 Å². The molecule has 0 bridgehead atoms. The van der Waals surface area contributed by atoms with Crippen LogP contribution in [0.1, 0.15) is 42.6 Å². The highest BCUT2D eigenvalue weighted by Crippen LogP contribution is 2.39. The van der Waals surface area contributed by atoms with Crippen molar-refractivity contribution in [3.05, 3.63) is 52.5 Å². The normalized spacial score (nSPS) is 17.7. The highest BCUT2D eigenvalue weighted by Gasteiger charge is 2.41. The van der Waals surface area contributed by atoms with Crippen molar-refractivity contribution in [1.82, 2.24) is 9.80 Å². The Balaban J connectivity index is 1.94. The lowest BCUT2D eigenvalue weighted by Gasteiger charge is -2.31. The van der Waals surface area contributed by atoms with Crippen LogP contribution in [-0.4, -0.2) is 74.9 Å². The third-order valence-corrected chi connectivity index (χ3v) is 6.22. The van der Waals surface area contributed by atoms with Crippen LogP contribution in [0.5, 0.6) is 17.2 Å². The summed E-state index contributed by atoms with van der Waals surface area (Å²) in [5.41, 5.74) is 0.746. The van der Waals surface area contributed by atoms with Crippen molar-refractivity contribution in [3.63, 3.8) is 0 Å². The SMILES string of the molecule is COc1cc(C(=O)N2CC(c3ccc(Cl)cc3)C(N(C)C(=O)OC(C)(C)C)C2)cc(OC)c1OC. The van der Waals surface area contributed by atoms with Crippen molar-refractivity contribution in [3.8, 4) is 17.2 Å².